The Balaban J connectivity index is 1.80. The molecule has 2 saturated heterocycles. The second kappa shape index (κ2) is 46.4. The van der Waals surface area contributed by atoms with E-state index in [9.17, 15) is 45.6 Å². The lowest BCUT2D eigenvalue weighted by atomic mass is 9.97. The van der Waals surface area contributed by atoms with Crippen LogP contribution in [0, 0.1) is 0 Å². The first-order chi connectivity index (χ1) is 36.6. The maximum Gasteiger partial charge on any atom is 0.220 e. The number of carbonyl (C=O) groups excluding carboxylic acids is 1. The molecule has 2 fully saturated rings. The number of unbranched alkanes of at least 4 members (excludes halogenated alkanes) is 23. The molecule has 14 nitrogen and oxygen atoms in total. The van der Waals surface area contributed by atoms with Gasteiger partial charge in [-0.1, -0.05) is 209 Å². The van der Waals surface area contributed by atoms with Crippen molar-refractivity contribution in [2.45, 2.75) is 286 Å². The van der Waals surface area contributed by atoms with E-state index in [1.165, 1.54) is 103 Å². The van der Waals surface area contributed by atoms with Crippen molar-refractivity contribution in [1.29, 1.82) is 0 Å². The van der Waals surface area contributed by atoms with E-state index in [-0.39, 0.29) is 18.9 Å². The highest BCUT2D eigenvalue weighted by atomic mass is 16.7. The van der Waals surface area contributed by atoms with Gasteiger partial charge in [0.1, 0.15) is 48.8 Å². The molecule has 434 valence electrons. The highest BCUT2D eigenvalue weighted by molar-refractivity contribution is 5.76. The van der Waals surface area contributed by atoms with Crippen molar-refractivity contribution in [3.8, 4) is 0 Å². The van der Waals surface area contributed by atoms with Crippen molar-refractivity contribution in [3.63, 3.8) is 0 Å². The molecule has 12 unspecified atom stereocenters. The van der Waals surface area contributed by atoms with Crippen LogP contribution in [-0.4, -0.2) is 140 Å². The lowest BCUT2D eigenvalue weighted by Crippen LogP contribution is -2.65. The number of hydrogen-bond acceptors (Lipinski definition) is 13. The van der Waals surface area contributed by atoms with E-state index in [2.05, 4.69) is 79.9 Å². The minimum Gasteiger partial charge on any atom is -0.394 e. The predicted octanol–water partition coefficient (Wildman–Crippen LogP) is 9.94. The Bertz CT molecular complexity index is 1530. The third-order valence-electron chi connectivity index (χ3n) is 14.1. The van der Waals surface area contributed by atoms with E-state index in [4.69, 9.17) is 18.9 Å². The van der Waals surface area contributed by atoms with Crippen LogP contribution < -0.4 is 5.32 Å². The summed E-state index contributed by atoms with van der Waals surface area (Å²) in [7, 11) is 0. The van der Waals surface area contributed by atoms with Crippen molar-refractivity contribution in [2.75, 3.05) is 19.8 Å². The van der Waals surface area contributed by atoms with E-state index >= 15 is 0 Å². The molecule has 2 rings (SSSR count). The molecule has 2 heterocycles. The summed E-state index contributed by atoms with van der Waals surface area (Å²) in [5, 5.41) is 87.1. The molecule has 0 aromatic carbocycles. The molecule has 0 saturated carbocycles. The van der Waals surface area contributed by atoms with Gasteiger partial charge in [0.05, 0.1) is 32.0 Å². The van der Waals surface area contributed by atoms with Gasteiger partial charge in [-0.25, -0.2) is 0 Å². The minimum atomic E-state index is -1.80. The lowest BCUT2D eigenvalue weighted by molar-refractivity contribution is -0.359. The number of aliphatic hydroxyl groups excluding tert-OH is 8. The van der Waals surface area contributed by atoms with E-state index in [0.29, 0.717) is 12.8 Å². The van der Waals surface area contributed by atoms with Gasteiger partial charge in [0.25, 0.3) is 0 Å². The second-order valence-electron chi connectivity index (χ2n) is 20.7. The fourth-order valence-electron chi connectivity index (χ4n) is 9.36. The van der Waals surface area contributed by atoms with E-state index in [1.54, 1.807) is 6.08 Å². The van der Waals surface area contributed by atoms with Gasteiger partial charge in [-0.3, -0.25) is 4.79 Å². The Hall–Kier alpha value is -2.57. The molecule has 0 aliphatic carbocycles. The van der Waals surface area contributed by atoms with Crippen LogP contribution in [0.1, 0.15) is 213 Å². The first-order valence-corrected chi connectivity index (χ1v) is 29.7. The average Bonchev–Trinajstić information content (AvgIpc) is 3.41. The van der Waals surface area contributed by atoms with E-state index < -0.39 is 86.8 Å². The van der Waals surface area contributed by atoms with Crippen LogP contribution in [0.4, 0.5) is 0 Å². The van der Waals surface area contributed by atoms with Crippen molar-refractivity contribution < 1.29 is 64.6 Å². The van der Waals surface area contributed by atoms with Crippen LogP contribution in [0.25, 0.3) is 0 Å². The van der Waals surface area contributed by atoms with Crippen molar-refractivity contribution in [2.24, 2.45) is 0 Å². The first-order valence-electron chi connectivity index (χ1n) is 29.7. The van der Waals surface area contributed by atoms with Gasteiger partial charge in [0.2, 0.25) is 5.91 Å². The summed E-state index contributed by atoms with van der Waals surface area (Å²) in [6.45, 7) is 2.66. The van der Waals surface area contributed by atoms with E-state index in [1.807, 2.05) is 6.08 Å². The Labute approximate surface area is 453 Å². The molecule has 12 atom stereocenters. The highest BCUT2D eigenvalue weighted by Gasteiger charge is 2.51. The molecular formula is C61H107NO13. The van der Waals surface area contributed by atoms with Gasteiger partial charge in [-0.2, -0.15) is 0 Å². The number of allylic oxidation sites excluding steroid dienone is 11. The van der Waals surface area contributed by atoms with Crippen molar-refractivity contribution in [3.05, 3.63) is 72.9 Å². The Morgan fingerprint density at radius 3 is 1.47 bits per heavy atom. The Morgan fingerprint density at radius 1 is 0.493 bits per heavy atom. The number of ether oxygens (including phenoxy) is 4. The lowest BCUT2D eigenvalue weighted by Gasteiger charge is -2.46. The largest absolute Gasteiger partial charge is 0.394 e. The topological polar surface area (TPSA) is 228 Å². The van der Waals surface area contributed by atoms with Gasteiger partial charge in [-0.15, -0.1) is 0 Å². The maximum atomic E-state index is 13.2. The van der Waals surface area contributed by atoms with Crippen molar-refractivity contribution >= 4 is 5.91 Å². The van der Waals surface area contributed by atoms with Crippen LogP contribution in [0.2, 0.25) is 0 Å². The normalized spacial score (nSPS) is 25.6. The van der Waals surface area contributed by atoms with Gasteiger partial charge in [0, 0.05) is 6.42 Å². The summed E-state index contributed by atoms with van der Waals surface area (Å²) in [5.41, 5.74) is 0. The molecule has 0 aromatic heterocycles. The van der Waals surface area contributed by atoms with Gasteiger partial charge in [-0.05, 0) is 70.6 Å². The molecule has 75 heavy (non-hydrogen) atoms. The van der Waals surface area contributed by atoms with Crippen LogP contribution >= 0.6 is 0 Å². The average molecular weight is 1060 g/mol. The molecule has 0 aromatic rings. The number of rotatable bonds is 46. The number of hydrogen-bond donors (Lipinski definition) is 9. The molecule has 9 N–H and O–H groups in total. The SMILES string of the molecule is CC/C=C\C/C=C\C/C=C\C/C=C\CCCCCCCCC(=O)NC(COC1OC(CO)C(OC2OC(CO)C(O)C(O)C2O)C(O)C1O)C(O)/C=C/CC/C=C/CCCCCCCCCCCCCCCCCC. The predicted molar refractivity (Wildman–Crippen MR) is 300 cm³/mol. The summed E-state index contributed by atoms with van der Waals surface area (Å²) in [4.78, 5) is 13.2. The third-order valence-corrected chi connectivity index (χ3v) is 14.1. The molecule has 2 aliphatic heterocycles. The Morgan fingerprint density at radius 2 is 0.933 bits per heavy atom. The van der Waals surface area contributed by atoms with Crippen molar-refractivity contribution in [1.82, 2.24) is 5.32 Å². The second-order valence-corrected chi connectivity index (χ2v) is 20.7. The standard InChI is InChI=1S/C61H107NO13/c1-3-5-7-9-11-13-15-17-19-21-23-24-25-27-28-30-32-34-36-38-40-42-44-50(65)49(62-53(66)45-43-41-39-37-35-33-31-29-26-22-20-18-16-14-12-10-8-6-4-2)48-72-60-58(71)56(69)59(52(47-64)74-60)75-61-57(70)55(68)54(67)51(46-63)73-61/h6,8,12,14,18,20,26,29,34,36,42,44,49-52,54-61,63-65,67-71H,3-5,7,9-11,13,15-17,19,21-25,27-28,30-33,35,37-41,43,45-48H2,1-2H3,(H,62,66)/b8-6-,14-12-,20-18-,29-26-,36-34+,44-42+. The van der Waals surface area contributed by atoms with Gasteiger partial charge < -0.3 is 65.1 Å². The molecule has 0 bridgehead atoms. The number of nitrogens with one attached hydrogen (secondary N) is 1. The smallest absolute Gasteiger partial charge is 0.220 e. The minimum absolute atomic E-state index is 0.254. The first kappa shape index (κ1) is 68.5. The monoisotopic (exact) mass is 1060 g/mol. The zero-order chi connectivity index (χ0) is 54.6. The fourth-order valence-corrected chi connectivity index (χ4v) is 9.36. The van der Waals surface area contributed by atoms with Gasteiger partial charge in [0.15, 0.2) is 12.6 Å². The van der Waals surface area contributed by atoms with Crippen LogP contribution in [0.3, 0.4) is 0 Å². The highest BCUT2D eigenvalue weighted by Crippen LogP contribution is 2.30. The molecule has 14 heteroatoms. The molecule has 2 aliphatic rings. The maximum absolute atomic E-state index is 13.2. The van der Waals surface area contributed by atoms with Gasteiger partial charge >= 0.3 is 0 Å². The fraction of sp³-hybridized carbons (Fsp3) is 0.787. The molecule has 1 amide bonds. The van der Waals surface area contributed by atoms with Crippen LogP contribution in [0.5, 0.6) is 0 Å². The number of carbonyl (C=O) groups is 1. The molecule has 0 spiro atoms. The molecular weight excluding hydrogens is 955 g/mol. The summed E-state index contributed by atoms with van der Waals surface area (Å²) in [6, 6.07) is -0.943. The zero-order valence-electron chi connectivity index (χ0n) is 46.5. The number of amides is 1. The van der Waals surface area contributed by atoms with E-state index in [0.717, 1.165) is 77.0 Å². The summed E-state index contributed by atoms with van der Waals surface area (Å²) >= 11 is 0. The summed E-state index contributed by atoms with van der Waals surface area (Å²) in [5.74, 6) is -0.265. The third kappa shape index (κ3) is 32.2. The zero-order valence-corrected chi connectivity index (χ0v) is 46.5. The van der Waals surface area contributed by atoms with Crippen LogP contribution in [-0.2, 0) is 23.7 Å². The quantitative estimate of drug-likeness (QED) is 0.0205. The summed E-state index contributed by atoms with van der Waals surface area (Å²) in [6.07, 6.45) is 43.7. The van der Waals surface area contributed by atoms with Crippen LogP contribution in [0.15, 0.2) is 72.9 Å². The number of aliphatic hydroxyl groups is 8. The Kier molecular flexibility index (Phi) is 42.4. The summed E-state index contributed by atoms with van der Waals surface area (Å²) < 4.78 is 22.7. The molecule has 0 radical (unpaired) electrons.